The molecule has 0 spiro atoms. The molecule has 0 aliphatic carbocycles. The predicted molar refractivity (Wildman–Crippen MR) is 92.3 cm³/mol. The summed E-state index contributed by atoms with van der Waals surface area (Å²) in [7, 11) is 0. The maximum atomic E-state index is 3.86. The smallest absolute Gasteiger partial charge is 0.179 e. The van der Waals surface area contributed by atoms with Crippen LogP contribution in [0, 0.1) is 5.92 Å². The van der Waals surface area contributed by atoms with E-state index in [1.807, 2.05) is 6.08 Å². The van der Waals surface area contributed by atoms with Gasteiger partial charge >= 0.3 is 0 Å². The van der Waals surface area contributed by atoms with Crippen molar-refractivity contribution in [2.75, 3.05) is 26.2 Å². The Balaban J connectivity index is 2.16. The summed E-state index contributed by atoms with van der Waals surface area (Å²) in [6, 6.07) is 0. The van der Waals surface area contributed by atoms with E-state index < -0.39 is 0 Å². The van der Waals surface area contributed by atoms with Gasteiger partial charge in [-0.25, -0.2) is 4.58 Å². The van der Waals surface area contributed by atoms with Crippen LogP contribution in [0.2, 0.25) is 0 Å². The zero-order chi connectivity index (χ0) is 14.8. The molecule has 118 valence electrons. The first-order valence-electron chi connectivity index (χ1n) is 9.03. The third-order valence-electron chi connectivity index (χ3n) is 4.85. The maximum absolute atomic E-state index is 3.86. The normalized spacial score (nSPS) is 23.1. The second-order valence-electron chi connectivity index (χ2n) is 6.51. The molecule has 2 aliphatic heterocycles. The molecule has 0 unspecified atom stereocenters. The molecule has 0 aromatic rings. The van der Waals surface area contributed by atoms with Crippen molar-refractivity contribution in [3.05, 3.63) is 24.8 Å². The lowest BCUT2D eigenvalue weighted by Gasteiger charge is -2.21. The minimum absolute atomic E-state index is 0.753. The number of nitrogens with zero attached hydrogens (tertiary/aromatic N) is 1. The van der Waals surface area contributed by atoms with Gasteiger partial charge in [-0.3, -0.25) is 0 Å². The Morgan fingerprint density at radius 1 is 0.905 bits per heavy atom. The van der Waals surface area contributed by atoms with Crippen molar-refractivity contribution < 1.29 is 4.58 Å². The van der Waals surface area contributed by atoms with Gasteiger partial charge in [-0.2, -0.15) is 0 Å². The molecule has 0 aromatic carbocycles. The highest BCUT2D eigenvalue weighted by atomic mass is 15.0. The molecule has 2 heterocycles. The van der Waals surface area contributed by atoms with E-state index in [0.717, 1.165) is 5.92 Å². The van der Waals surface area contributed by atoms with Crippen molar-refractivity contribution in [1.29, 1.82) is 0 Å². The first-order chi connectivity index (χ1) is 10.4. The van der Waals surface area contributed by atoms with E-state index in [-0.39, 0.29) is 0 Å². The molecule has 1 N–H and O–H groups in total. The molecule has 2 rings (SSSR count). The van der Waals surface area contributed by atoms with Gasteiger partial charge in [0.1, 0.15) is 13.1 Å². The Hall–Kier alpha value is -0.890. The van der Waals surface area contributed by atoms with Gasteiger partial charge in [0.25, 0.3) is 0 Å². The van der Waals surface area contributed by atoms with Crippen LogP contribution in [0.4, 0.5) is 0 Å². The fourth-order valence-electron chi connectivity index (χ4n) is 3.68. The summed E-state index contributed by atoms with van der Waals surface area (Å²) in [5, 5.41) is 3.53. The van der Waals surface area contributed by atoms with Gasteiger partial charge in [-0.1, -0.05) is 25.2 Å². The first-order valence-corrected chi connectivity index (χ1v) is 9.03. The fourth-order valence-corrected chi connectivity index (χ4v) is 3.68. The highest BCUT2D eigenvalue weighted by Gasteiger charge is 2.24. The van der Waals surface area contributed by atoms with E-state index in [1.54, 1.807) is 5.71 Å². The first kappa shape index (κ1) is 16.5. The number of nitrogens with one attached hydrogen (secondary N) is 1. The summed E-state index contributed by atoms with van der Waals surface area (Å²) in [5.74, 6) is 0.753. The van der Waals surface area contributed by atoms with Gasteiger partial charge in [0.15, 0.2) is 5.71 Å². The molecule has 0 atom stereocenters. The quantitative estimate of drug-likeness (QED) is 0.614. The van der Waals surface area contributed by atoms with E-state index >= 15 is 0 Å². The average Bonchev–Trinajstić information content (AvgIpc) is 2.41. The number of rotatable bonds is 3. The van der Waals surface area contributed by atoms with Gasteiger partial charge in [0.2, 0.25) is 0 Å². The molecule has 2 nitrogen and oxygen atoms in total. The minimum atomic E-state index is 0.753. The Bertz CT molecular complexity index is 350. The highest BCUT2D eigenvalue weighted by molar-refractivity contribution is 5.93. The SMILES string of the molecule is C=CC=CC(C1CCCNCCC1)=[N+]1CCCCCCC1. The summed E-state index contributed by atoms with van der Waals surface area (Å²) < 4.78 is 2.69. The average molecular weight is 289 g/mol. The maximum Gasteiger partial charge on any atom is 0.179 e. The van der Waals surface area contributed by atoms with Gasteiger partial charge in [0.05, 0.1) is 0 Å². The molecule has 2 aliphatic rings. The van der Waals surface area contributed by atoms with E-state index in [0.29, 0.717) is 0 Å². The van der Waals surface area contributed by atoms with Gasteiger partial charge < -0.3 is 5.32 Å². The number of hydrogen-bond donors (Lipinski definition) is 1. The highest BCUT2D eigenvalue weighted by Crippen LogP contribution is 2.19. The van der Waals surface area contributed by atoms with E-state index in [1.165, 1.54) is 84.0 Å². The van der Waals surface area contributed by atoms with E-state index in [9.17, 15) is 0 Å². The monoisotopic (exact) mass is 289 g/mol. The van der Waals surface area contributed by atoms with Crippen LogP contribution in [-0.2, 0) is 0 Å². The molecule has 2 fully saturated rings. The molecule has 0 bridgehead atoms. The minimum Gasteiger partial charge on any atom is -0.317 e. The molecule has 2 saturated heterocycles. The Labute approximate surface area is 131 Å². The summed E-state index contributed by atoms with van der Waals surface area (Å²) in [6.07, 6.45) is 18.7. The van der Waals surface area contributed by atoms with Crippen molar-refractivity contribution in [1.82, 2.24) is 5.32 Å². The van der Waals surface area contributed by atoms with E-state index in [4.69, 9.17) is 0 Å². The Morgan fingerprint density at radius 2 is 1.52 bits per heavy atom. The third-order valence-corrected chi connectivity index (χ3v) is 4.85. The lowest BCUT2D eigenvalue weighted by atomic mass is 9.90. The van der Waals surface area contributed by atoms with Crippen LogP contribution < -0.4 is 5.32 Å². The van der Waals surface area contributed by atoms with Crippen LogP contribution in [-0.4, -0.2) is 36.5 Å². The number of hydrogen-bond acceptors (Lipinski definition) is 1. The third kappa shape index (κ3) is 5.78. The second-order valence-corrected chi connectivity index (χ2v) is 6.51. The zero-order valence-electron chi connectivity index (χ0n) is 13.7. The standard InChI is InChI=1S/C19H33N2/c1-2-3-13-19(18-11-9-14-20-15-10-12-18)21-16-7-5-4-6-8-17-21/h2-3,13,18,20H,1,4-12,14-17H2/q+1. The van der Waals surface area contributed by atoms with Crippen LogP contribution in [0.25, 0.3) is 0 Å². The molecule has 0 amide bonds. The molecule has 2 heteroatoms. The summed E-state index contributed by atoms with van der Waals surface area (Å²) in [4.78, 5) is 0. The Kier molecular flexibility index (Phi) is 7.80. The largest absolute Gasteiger partial charge is 0.317 e. The second kappa shape index (κ2) is 9.94. The van der Waals surface area contributed by atoms with Crippen molar-refractivity contribution in [2.45, 2.75) is 57.8 Å². The molecule has 21 heavy (non-hydrogen) atoms. The van der Waals surface area contributed by atoms with Crippen molar-refractivity contribution in [2.24, 2.45) is 5.92 Å². The van der Waals surface area contributed by atoms with Crippen LogP contribution in [0.1, 0.15) is 57.8 Å². The molecule has 0 radical (unpaired) electrons. The molecular formula is C19H33N2+. The van der Waals surface area contributed by atoms with Crippen molar-refractivity contribution in [3.8, 4) is 0 Å². The molecule has 0 saturated carbocycles. The predicted octanol–water partition coefficient (Wildman–Crippen LogP) is 3.93. The van der Waals surface area contributed by atoms with Gasteiger partial charge in [-0.15, -0.1) is 0 Å². The van der Waals surface area contributed by atoms with Crippen LogP contribution in [0.3, 0.4) is 0 Å². The molecular weight excluding hydrogens is 256 g/mol. The lowest BCUT2D eigenvalue weighted by molar-refractivity contribution is -0.532. The zero-order valence-corrected chi connectivity index (χ0v) is 13.7. The molecule has 0 aromatic heterocycles. The Morgan fingerprint density at radius 3 is 2.14 bits per heavy atom. The number of allylic oxidation sites excluding steroid dienone is 3. The topological polar surface area (TPSA) is 15.0 Å². The van der Waals surface area contributed by atoms with Crippen LogP contribution >= 0.6 is 0 Å². The van der Waals surface area contributed by atoms with Crippen LogP contribution in [0.15, 0.2) is 24.8 Å². The van der Waals surface area contributed by atoms with Gasteiger partial charge in [0, 0.05) is 24.8 Å². The van der Waals surface area contributed by atoms with E-state index in [2.05, 4.69) is 28.6 Å². The van der Waals surface area contributed by atoms with Crippen molar-refractivity contribution >= 4 is 5.71 Å². The lowest BCUT2D eigenvalue weighted by Crippen LogP contribution is -2.31. The fraction of sp³-hybridized carbons (Fsp3) is 0.737. The van der Waals surface area contributed by atoms with Crippen LogP contribution in [0.5, 0.6) is 0 Å². The summed E-state index contributed by atoms with van der Waals surface area (Å²) in [5.41, 5.74) is 1.60. The summed E-state index contributed by atoms with van der Waals surface area (Å²) >= 11 is 0. The van der Waals surface area contributed by atoms with Crippen molar-refractivity contribution in [3.63, 3.8) is 0 Å². The summed E-state index contributed by atoms with van der Waals surface area (Å²) in [6.45, 7) is 8.75. The van der Waals surface area contributed by atoms with Gasteiger partial charge in [-0.05, 0) is 51.6 Å².